The van der Waals surface area contributed by atoms with E-state index >= 15 is 0 Å². The molecule has 0 fully saturated rings. The molecule has 0 radical (unpaired) electrons. The Bertz CT molecular complexity index is 779. The van der Waals surface area contributed by atoms with E-state index in [9.17, 15) is 18.8 Å². The van der Waals surface area contributed by atoms with E-state index in [-0.39, 0.29) is 11.3 Å². The first kappa shape index (κ1) is 13.4. The van der Waals surface area contributed by atoms with Crippen molar-refractivity contribution in [2.24, 2.45) is 0 Å². The lowest BCUT2D eigenvalue weighted by atomic mass is 10.2. The molecule has 1 N–H and O–H groups in total. The molecule has 1 aromatic heterocycles. The second kappa shape index (κ2) is 4.93. The van der Waals surface area contributed by atoms with Crippen LogP contribution in [0.3, 0.4) is 0 Å². The van der Waals surface area contributed by atoms with Crippen LogP contribution in [0.1, 0.15) is 17.3 Å². The zero-order chi connectivity index (χ0) is 14.2. The van der Waals surface area contributed by atoms with Crippen LogP contribution in [-0.2, 0) is 0 Å². The SMILES string of the molecule is CC(=O)c1c[nH]c(=O)n(-c2ccc(Br)cc2F)c1=O. The molecule has 0 unspecified atom stereocenters. The second-order valence-electron chi connectivity index (χ2n) is 3.80. The van der Waals surface area contributed by atoms with E-state index in [1.165, 1.54) is 19.1 Å². The number of hydrogen-bond acceptors (Lipinski definition) is 3. The van der Waals surface area contributed by atoms with Gasteiger partial charge in [-0.15, -0.1) is 0 Å². The molecule has 19 heavy (non-hydrogen) atoms. The first-order chi connectivity index (χ1) is 8.91. The number of hydrogen-bond donors (Lipinski definition) is 1. The molecule has 1 heterocycles. The number of halogens is 2. The fourth-order valence-electron chi connectivity index (χ4n) is 1.61. The maximum Gasteiger partial charge on any atom is 0.333 e. The molecule has 0 spiro atoms. The maximum absolute atomic E-state index is 13.8. The number of aromatic nitrogens is 2. The van der Waals surface area contributed by atoms with Crippen LogP contribution in [0.4, 0.5) is 4.39 Å². The van der Waals surface area contributed by atoms with Crippen molar-refractivity contribution in [3.63, 3.8) is 0 Å². The molecule has 0 aliphatic rings. The molecule has 0 bridgehead atoms. The van der Waals surface area contributed by atoms with Crippen molar-refractivity contribution < 1.29 is 9.18 Å². The second-order valence-corrected chi connectivity index (χ2v) is 4.72. The van der Waals surface area contributed by atoms with Gasteiger partial charge in [-0.2, -0.15) is 0 Å². The first-order valence-corrected chi connectivity index (χ1v) is 6.02. The Morgan fingerprint density at radius 2 is 2.05 bits per heavy atom. The van der Waals surface area contributed by atoms with E-state index in [4.69, 9.17) is 0 Å². The van der Waals surface area contributed by atoms with Gasteiger partial charge in [0.2, 0.25) is 0 Å². The van der Waals surface area contributed by atoms with Crippen molar-refractivity contribution in [3.05, 3.63) is 61.1 Å². The third kappa shape index (κ3) is 2.41. The highest BCUT2D eigenvalue weighted by Gasteiger charge is 2.15. The number of carbonyl (C=O) groups excluding carboxylic acids is 1. The van der Waals surface area contributed by atoms with Crippen LogP contribution in [0.2, 0.25) is 0 Å². The molecule has 98 valence electrons. The molecule has 0 aliphatic carbocycles. The van der Waals surface area contributed by atoms with Crippen molar-refractivity contribution in [3.8, 4) is 5.69 Å². The highest BCUT2D eigenvalue weighted by atomic mass is 79.9. The molecule has 0 amide bonds. The van der Waals surface area contributed by atoms with Crippen LogP contribution < -0.4 is 11.2 Å². The molecule has 1 aromatic carbocycles. The number of Topliss-reactive ketones (excluding diaryl/α,β-unsaturated/α-hetero) is 1. The van der Waals surface area contributed by atoms with Crippen LogP contribution in [0.5, 0.6) is 0 Å². The van der Waals surface area contributed by atoms with Crippen molar-refractivity contribution in [1.82, 2.24) is 9.55 Å². The van der Waals surface area contributed by atoms with Gasteiger partial charge < -0.3 is 4.98 Å². The minimum Gasteiger partial charge on any atom is -0.313 e. The quantitative estimate of drug-likeness (QED) is 0.852. The first-order valence-electron chi connectivity index (χ1n) is 5.23. The summed E-state index contributed by atoms with van der Waals surface area (Å²) in [7, 11) is 0. The molecule has 0 aliphatic heterocycles. The van der Waals surface area contributed by atoms with Gasteiger partial charge in [-0.3, -0.25) is 9.59 Å². The van der Waals surface area contributed by atoms with Gasteiger partial charge >= 0.3 is 5.69 Å². The van der Waals surface area contributed by atoms with Crippen LogP contribution >= 0.6 is 15.9 Å². The molecule has 2 rings (SSSR count). The minimum atomic E-state index is -0.850. The van der Waals surface area contributed by atoms with Gasteiger partial charge in [0.1, 0.15) is 5.82 Å². The normalized spacial score (nSPS) is 10.5. The smallest absolute Gasteiger partial charge is 0.313 e. The average molecular weight is 327 g/mol. The van der Waals surface area contributed by atoms with E-state index in [1.807, 2.05) is 0 Å². The van der Waals surface area contributed by atoms with Crippen LogP contribution in [0.15, 0.2) is 38.5 Å². The van der Waals surface area contributed by atoms with Crippen molar-refractivity contribution in [2.45, 2.75) is 6.92 Å². The molecule has 7 heteroatoms. The minimum absolute atomic E-state index is 0.207. The number of H-pyrrole nitrogens is 1. The van der Waals surface area contributed by atoms with Crippen LogP contribution in [0.25, 0.3) is 5.69 Å². The number of nitrogens with zero attached hydrogens (tertiary/aromatic N) is 1. The monoisotopic (exact) mass is 326 g/mol. The Kier molecular flexibility index (Phi) is 3.48. The number of aromatic amines is 1. The van der Waals surface area contributed by atoms with Gasteiger partial charge in [-0.1, -0.05) is 15.9 Å². The van der Waals surface area contributed by atoms with Crippen molar-refractivity contribution >= 4 is 21.7 Å². The van der Waals surface area contributed by atoms with Crippen LogP contribution in [0, 0.1) is 5.82 Å². The van der Waals surface area contributed by atoms with Crippen molar-refractivity contribution in [1.29, 1.82) is 0 Å². The lowest BCUT2D eigenvalue weighted by molar-refractivity contribution is 0.101. The van der Waals surface area contributed by atoms with E-state index in [1.54, 1.807) is 0 Å². The van der Waals surface area contributed by atoms with Crippen molar-refractivity contribution in [2.75, 3.05) is 0 Å². The Labute approximate surface area is 114 Å². The highest BCUT2D eigenvalue weighted by molar-refractivity contribution is 9.10. The molecular formula is C12H8BrFN2O3. The van der Waals surface area contributed by atoms with E-state index in [0.717, 1.165) is 12.3 Å². The Hall–Kier alpha value is -2.02. The molecule has 0 atom stereocenters. The average Bonchev–Trinajstić information content (AvgIpc) is 2.31. The standard InChI is InChI=1S/C12H8BrFN2O3/c1-6(17)8-5-15-12(19)16(11(8)18)10-3-2-7(13)4-9(10)14/h2-5H,1H3,(H,15,19). The molecule has 5 nitrogen and oxygen atoms in total. The number of ketones is 1. The van der Waals surface area contributed by atoms with Gasteiger partial charge in [0, 0.05) is 10.7 Å². The van der Waals surface area contributed by atoms with Gasteiger partial charge in [0.25, 0.3) is 5.56 Å². The lowest BCUT2D eigenvalue weighted by Gasteiger charge is -2.07. The largest absolute Gasteiger partial charge is 0.333 e. The lowest BCUT2D eigenvalue weighted by Crippen LogP contribution is -2.36. The number of benzene rings is 1. The van der Waals surface area contributed by atoms with Gasteiger partial charge in [0.05, 0.1) is 11.3 Å². The van der Waals surface area contributed by atoms with E-state index < -0.39 is 22.8 Å². The predicted molar refractivity (Wildman–Crippen MR) is 70.3 cm³/mol. The van der Waals surface area contributed by atoms with Crippen LogP contribution in [-0.4, -0.2) is 15.3 Å². The molecular weight excluding hydrogens is 319 g/mol. The number of nitrogens with one attached hydrogen (secondary N) is 1. The number of rotatable bonds is 2. The van der Waals surface area contributed by atoms with Gasteiger partial charge in [0.15, 0.2) is 5.78 Å². The summed E-state index contributed by atoms with van der Waals surface area (Å²) in [5.41, 5.74) is -2.08. The third-order valence-electron chi connectivity index (χ3n) is 2.51. The summed E-state index contributed by atoms with van der Waals surface area (Å²) in [5.74, 6) is -1.25. The summed E-state index contributed by atoms with van der Waals surface area (Å²) < 4.78 is 14.9. The molecule has 0 saturated heterocycles. The van der Waals surface area contributed by atoms with Gasteiger partial charge in [-0.05, 0) is 25.1 Å². The summed E-state index contributed by atoms with van der Waals surface area (Å²) in [4.78, 5) is 37.2. The Balaban J connectivity index is 2.82. The summed E-state index contributed by atoms with van der Waals surface area (Å²) in [5, 5.41) is 0. The zero-order valence-electron chi connectivity index (χ0n) is 9.74. The van der Waals surface area contributed by atoms with E-state index in [2.05, 4.69) is 20.9 Å². The third-order valence-corrected chi connectivity index (χ3v) is 3.00. The van der Waals surface area contributed by atoms with E-state index in [0.29, 0.717) is 9.04 Å². The topological polar surface area (TPSA) is 71.9 Å². The Morgan fingerprint density at radius 1 is 1.37 bits per heavy atom. The predicted octanol–water partition coefficient (Wildman–Crippen LogP) is 1.63. The Morgan fingerprint density at radius 3 is 2.63 bits per heavy atom. The molecule has 2 aromatic rings. The maximum atomic E-state index is 13.8. The summed E-state index contributed by atoms with van der Waals surface area (Å²) >= 11 is 3.08. The highest BCUT2D eigenvalue weighted by Crippen LogP contribution is 2.16. The fourth-order valence-corrected chi connectivity index (χ4v) is 1.94. The zero-order valence-corrected chi connectivity index (χ0v) is 11.3. The number of carbonyl (C=O) groups is 1. The fraction of sp³-hybridized carbons (Fsp3) is 0.0833. The van der Waals surface area contributed by atoms with Gasteiger partial charge in [-0.25, -0.2) is 13.8 Å². The summed E-state index contributed by atoms with van der Waals surface area (Å²) in [6, 6.07) is 3.90. The summed E-state index contributed by atoms with van der Waals surface area (Å²) in [6.45, 7) is 1.19. The molecule has 0 saturated carbocycles. The summed E-state index contributed by atoms with van der Waals surface area (Å²) in [6.07, 6.45) is 1.03.